The van der Waals surface area contributed by atoms with Crippen molar-refractivity contribution in [2.45, 2.75) is 78.3 Å². The molecule has 2 aromatic rings. The van der Waals surface area contributed by atoms with E-state index in [2.05, 4.69) is 57.2 Å². The highest BCUT2D eigenvalue weighted by Gasteiger charge is 2.21. The summed E-state index contributed by atoms with van der Waals surface area (Å²) in [6, 6.07) is 13.0. The fourth-order valence-corrected chi connectivity index (χ4v) is 4.66. The summed E-state index contributed by atoms with van der Waals surface area (Å²) in [7, 11) is 1.70. The standard InChI is InChI=1S/C27H40O4/c1-6-22(17-19(2)3)23-9-7-11-25-24(23)10-8-12-26(25)31-20(4)29-16-15-21-13-14-27(28-5)30-18-21/h7-12,19-22,27H,6,13-18H2,1-5H3. The smallest absolute Gasteiger partial charge is 0.197 e. The van der Waals surface area contributed by atoms with Gasteiger partial charge in [0.05, 0.1) is 13.2 Å². The van der Waals surface area contributed by atoms with Crippen molar-refractivity contribution in [2.24, 2.45) is 11.8 Å². The van der Waals surface area contributed by atoms with Gasteiger partial charge in [0.25, 0.3) is 0 Å². The summed E-state index contributed by atoms with van der Waals surface area (Å²) >= 11 is 0. The van der Waals surface area contributed by atoms with E-state index in [1.165, 1.54) is 22.8 Å². The molecule has 1 fully saturated rings. The van der Waals surface area contributed by atoms with Gasteiger partial charge in [-0.25, -0.2) is 0 Å². The Balaban J connectivity index is 1.60. The third-order valence-electron chi connectivity index (χ3n) is 6.37. The number of hydrogen-bond acceptors (Lipinski definition) is 4. The average Bonchev–Trinajstić information content (AvgIpc) is 2.78. The third kappa shape index (κ3) is 6.68. The lowest BCUT2D eigenvalue weighted by atomic mass is 9.85. The molecule has 0 aromatic heterocycles. The van der Waals surface area contributed by atoms with Crippen molar-refractivity contribution in [1.29, 1.82) is 0 Å². The summed E-state index contributed by atoms with van der Waals surface area (Å²) in [6.45, 7) is 10.3. The number of methoxy groups -OCH3 is 1. The Labute approximate surface area is 188 Å². The van der Waals surface area contributed by atoms with Crippen LogP contribution in [0.4, 0.5) is 0 Å². The van der Waals surface area contributed by atoms with Crippen LogP contribution in [0.25, 0.3) is 10.8 Å². The molecule has 0 aliphatic carbocycles. The van der Waals surface area contributed by atoms with Crippen LogP contribution in [-0.2, 0) is 14.2 Å². The molecule has 1 aliphatic rings. The van der Waals surface area contributed by atoms with Gasteiger partial charge in [-0.3, -0.25) is 0 Å². The Hall–Kier alpha value is -1.62. The van der Waals surface area contributed by atoms with Crippen LogP contribution >= 0.6 is 0 Å². The molecule has 1 heterocycles. The molecule has 172 valence electrons. The van der Waals surface area contributed by atoms with Crippen LogP contribution in [0.3, 0.4) is 0 Å². The van der Waals surface area contributed by atoms with E-state index in [4.69, 9.17) is 18.9 Å². The zero-order valence-corrected chi connectivity index (χ0v) is 19.9. The van der Waals surface area contributed by atoms with E-state index < -0.39 is 0 Å². The van der Waals surface area contributed by atoms with Gasteiger partial charge in [0.1, 0.15) is 5.75 Å². The van der Waals surface area contributed by atoms with E-state index in [9.17, 15) is 0 Å². The van der Waals surface area contributed by atoms with Crippen LogP contribution in [-0.4, -0.2) is 32.9 Å². The second kappa shape index (κ2) is 11.8. The quantitative estimate of drug-likeness (QED) is 0.364. The fourth-order valence-electron chi connectivity index (χ4n) is 4.66. The van der Waals surface area contributed by atoms with Gasteiger partial charge in [0, 0.05) is 12.5 Å². The second-order valence-corrected chi connectivity index (χ2v) is 9.22. The monoisotopic (exact) mass is 428 g/mol. The van der Waals surface area contributed by atoms with Crippen molar-refractivity contribution >= 4 is 10.8 Å². The van der Waals surface area contributed by atoms with E-state index in [0.717, 1.165) is 38.0 Å². The maximum absolute atomic E-state index is 6.23. The Morgan fingerprint density at radius 1 is 1.03 bits per heavy atom. The Morgan fingerprint density at radius 3 is 2.48 bits per heavy atom. The van der Waals surface area contributed by atoms with E-state index in [-0.39, 0.29) is 12.6 Å². The molecular weight excluding hydrogens is 388 g/mol. The number of ether oxygens (including phenoxy) is 4. The number of rotatable bonds is 11. The summed E-state index contributed by atoms with van der Waals surface area (Å²) in [5.74, 6) is 2.69. The minimum absolute atomic E-state index is 0.0384. The SMILES string of the molecule is CCC(CC(C)C)c1cccc2c(OC(C)OCCC3CCC(OC)OC3)cccc12. The van der Waals surface area contributed by atoms with Gasteiger partial charge < -0.3 is 18.9 Å². The topological polar surface area (TPSA) is 36.9 Å². The van der Waals surface area contributed by atoms with Gasteiger partial charge in [-0.1, -0.05) is 51.1 Å². The zero-order chi connectivity index (χ0) is 22.2. The molecule has 0 bridgehead atoms. The van der Waals surface area contributed by atoms with Crippen LogP contribution in [0.1, 0.15) is 71.3 Å². The first-order valence-corrected chi connectivity index (χ1v) is 12.0. The summed E-state index contributed by atoms with van der Waals surface area (Å²) < 4.78 is 23.2. The Kier molecular flexibility index (Phi) is 9.18. The predicted molar refractivity (Wildman–Crippen MR) is 127 cm³/mol. The van der Waals surface area contributed by atoms with Gasteiger partial charge in [0.2, 0.25) is 0 Å². The first kappa shape index (κ1) is 24.0. The molecule has 0 amide bonds. The predicted octanol–water partition coefficient (Wildman–Crippen LogP) is 6.91. The van der Waals surface area contributed by atoms with Crippen LogP contribution in [0.5, 0.6) is 5.75 Å². The van der Waals surface area contributed by atoms with Gasteiger partial charge in [0.15, 0.2) is 12.6 Å². The minimum Gasteiger partial charge on any atom is -0.465 e. The molecule has 2 aromatic carbocycles. The molecule has 1 saturated heterocycles. The van der Waals surface area contributed by atoms with Crippen LogP contribution in [0, 0.1) is 11.8 Å². The van der Waals surface area contributed by atoms with Gasteiger partial charge in [-0.2, -0.15) is 0 Å². The van der Waals surface area contributed by atoms with Crippen molar-refractivity contribution in [3.05, 3.63) is 42.0 Å². The molecule has 4 unspecified atom stereocenters. The van der Waals surface area contributed by atoms with Crippen LogP contribution in [0.15, 0.2) is 36.4 Å². The fraction of sp³-hybridized carbons (Fsp3) is 0.630. The Bertz CT molecular complexity index is 795. The van der Waals surface area contributed by atoms with Gasteiger partial charge >= 0.3 is 0 Å². The summed E-state index contributed by atoms with van der Waals surface area (Å²) in [6.07, 6.45) is 5.09. The lowest BCUT2D eigenvalue weighted by molar-refractivity contribution is -0.163. The molecule has 3 rings (SSSR count). The largest absolute Gasteiger partial charge is 0.465 e. The summed E-state index contributed by atoms with van der Waals surface area (Å²) in [4.78, 5) is 0. The van der Waals surface area contributed by atoms with Crippen molar-refractivity contribution in [3.8, 4) is 5.75 Å². The molecular formula is C27H40O4. The number of hydrogen-bond donors (Lipinski definition) is 0. The lowest BCUT2D eigenvalue weighted by Crippen LogP contribution is -2.28. The first-order valence-electron chi connectivity index (χ1n) is 12.0. The van der Waals surface area contributed by atoms with E-state index >= 15 is 0 Å². The molecule has 4 atom stereocenters. The normalized spacial score (nSPS) is 21.4. The number of fused-ring (bicyclic) bond motifs is 1. The van der Waals surface area contributed by atoms with Crippen molar-refractivity contribution in [1.82, 2.24) is 0 Å². The van der Waals surface area contributed by atoms with Crippen molar-refractivity contribution in [2.75, 3.05) is 20.3 Å². The molecule has 1 aliphatic heterocycles. The highest BCUT2D eigenvalue weighted by atomic mass is 16.7. The van der Waals surface area contributed by atoms with Crippen molar-refractivity contribution < 1.29 is 18.9 Å². The van der Waals surface area contributed by atoms with E-state index in [0.29, 0.717) is 24.4 Å². The molecule has 0 spiro atoms. The van der Waals surface area contributed by atoms with Crippen LogP contribution < -0.4 is 4.74 Å². The van der Waals surface area contributed by atoms with Crippen molar-refractivity contribution in [3.63, 3.8) is 0 Å². The van der Waals surface area contributed by atoms with E-state index in [1.54, 1.807) is 7.11 Å². The average molecular weight is 429 g/mol. The molecule has 31 heavy (non-hydrogen) atoms. The molecule has 4 heteroatoms. The summed E-state index contributed by atoms with van der Waals surface area (Å²) in [5.41, 5.74) is 1.43. The highest BCUT2D eigenvalue weighted by Crippen LogP contribution is 2.36. The van der Waals surface area contributed by atoms with E-state index in [1.807, 2.05) is 6.92 Å². The summed E-state index contributed by atoms with van der Waals surface area (Å²) in [5, 5.41) is 2.47. The van der Waals surface area contributed by atoms with Gasteiger partial charge in [-0.15, -0.1) is 0 Å². The lowest BCUT2D eigenvalue weighted by Gasteiger charge is -2.28. The first-order chi connectivity index (χ1) is 15.0. The molecule has 4 nitrogen and oxygen atoms in total. The molecule has 0 N–H and O–H groups in total. The molecule has 0 saturated carbocycles. The maximum atomic E-state index is 6.23. The highest BCUT2D eigenvalue weighted by molar-refractivity contribution is 5.91. The third-order valence-corrected chi connectivity index (χ3v) is 6.37. The zero-order valence-electron chi connectivity index (χ0n) is 19.9. The minimum atomic E-state index is -0.289. The van der Waals surface area contributed by atoms with Gasteiger partial charge in [-0.05, 0) is 73.8 Å². The number of benzene rings is 2. The van der Waals surface area contributed by atoms with Crippen LogP contribution in [0.2, 0.25) is 0 Å². The Morgan fingerprint density at radius 2 is 1.81 bits per heavy atom. The molecule has 0 radical (unpaired) electrons. The second-order valence-electron chi connectivity index (χ2n) is 9.22. The maximum Gasteiger partial charge on any atom is 0.197 e.